The second-order valence-corrected chi connectivity index (χ2v) is 4.63. The molecule has 3 N–H and O–H groups in total. The highest BCUT2D eigenvalue weighted by atomic mass is 19.2. The van der Waals surface area contributed by atoms with E-state index in [2.05, 4.69) is 5.43 Å². The second-order valence-electron chi connectivity index (χ2n) is 4.63. The molecule has 0 aliphatic carbocycles. The van der Waals surface area contributed by atoms with Crippen LogP contribution in [0, 0.1) is 17.6 Å². The first-order chi connectivity index (χ1) is 8.51. The van der Waals surface area contributed by atoms with E-state index in [-0.39, 0.29) is 24.5 Å². The van der Waals surface area contributed by atoms with E-state index in [9.17, 15) is 8.78 Å². The summed E-state index contributed by atoms with van der Waals surface area (Å²) in [4.78, 5) is 0. The van der Waals surface area contributed by atoms with Crippen molar-refractivity contribution < 1.29 is 13.5 Å². The molecule has 1 rings (SSSR count). The van der Waals surface area contributed by atoms with Crippen molar-refractivity contribution in [2.75, 3.05) is 7.11 Å². The van der Waals surface area contributed by atoms with Crippen LogP contribution in [0.1, 0.15) is 19.4 Å². The maximum atomic E-state index is 13.6. The number of benzene rings is 1. The zero-order chi connectivity index (χ0) is 13.7. The Balaban J connectivity index is 2.88. The summed E-state index contributed by atoms with van der Waals surface area (Å²) in [6.45, 7) is 3.97. The van der Waals surface area contributed by atoms with Gasteiger partial charge in [-0.2, -0.15) is 0 Å². The normalized spacial score (nSPS) is 14.8. The molecule has 0 amide bonds. The van der Waals surface area contributed by atoms with Crippen LogP contribution in [-0.2, 0) is 11.2 Å². The molecule has 5 heteroatoms. The van der Waals surface area contributed by atoms with Gasteiger partial charge in [0.2, 0.25) is 0 Å². The first-order valence-corrected chi connectivity index (χ1v) is 5.93. The minimum absolute atomic E-state index is 0.169. The van der Waals surface area contributed by atoms with Crippen LogP contribution in [0.2, 0.25) is 0 Å². The molecular weight excluding hydrogens is 238 g/mol. The van der Waals surface area contributed by atoms with Gasteiger partial charge in [-0.15, -0.1) is 0 Å². The molecule has 1 aromatic carbocycles. The summed E-state index contributed by atoms with van der Waals surface area (Å²) in [5.74, 6) is 4.02. The van der Waals surface area contributed by atoms with Gasteiger partial charge in [-0.25, -0.2) is 8.78 Å². The lowest BCUT2D eigenvalue weighted by molar-refractivity contribution is 0.0330. The fraction of sp³-hybridized carbons (Fsp3) is 0.538. The van der Waals surface area contributed by atoms with Crippen LogP contribution in [0.5, 0.6) is 0 Å². The molecule has 0 aliphatic rings. The molecule has 0 aliphatic heterocycles. The van der Waals surface area contributed by atoms with Gasteiger partial charge in [0, 0.05) is 7.11 Å². The lowest BCUT2D eigenvalue weighted by Crippen LogP contribution is -2.48. The number of rotatable bonds is 6. The van der Waals surface area contributed by atoms with Gasteiger partial charge in [0.15, 0.2) is 11.6 Å². The molecule has 3 nitrogen and oxygen atoms in total. The number of methoxy groups -OCH3 is 1. The van der Waals surface area contributed by atoms with Crippen molar-refractivity contribution in [3.63, 3.8) is 0 Å². The Morgan fingerprint density at radius 3 is 2.50 bits per heavy atom. The molecule has 0 heterocycles. The SMILES string of the molecule is COC(C(C)C)C(Cc1cccc(F)c1F)NN. The monoisotopic (exact) mass is 258 g/mol. The number of hydrazine groups is 1. The van der Waals surface area contributed by atoms with Crippen molar-refractivity contribution in [1.29, 1.82) is 0 Å². The third-order valence-electron chi connectivity index (χ3n) is 3.01. The van der Waals surface area contributed by atoms with Gasteiger partial charge in [-0.3, -0.25) is 11.3 Å². The molecule has 0 radical (unpaired) electrons. The van der Waals surface area contributed by atoms with Gasteiger partial charge < -0.3 is 4.74 Å². The highest BCUT2D eigenvalue weighted by molar-refractivity contribution is 5.20. The highest BCUT2D eigenvalue weighted by Gasteiger charge is 2.25. The summed E-state index contributed by atoms with van der Waals surface area (Å²) in [5, 5.41) is 0. The fourth-order valence-electron chi connectivity index (χ4n) is 2.11. The van der Waals surface area contributed by atoms with Crippen LogP contribution < -0.4 is 11.3 Å². The van der Waals surface area contributed by atoms with Crippen molar-refractivity contribution in [3.8, 4) is 0 Å². The lowest BCUT2D eigenvalue weighted by Gasteiger charge is -2.28. The van der Waals surface area contributed by atoms with Gasteiger partial charge in [-0.1, -0.05) is 26.0 Å². The van der Waals surface area contributed by atoms with E-state index in [4.69, 9.17) is 10.6 Å². The Morgan fingerprint density at radius 1 is 1.33 bits per heavy atom. The van der Waals surface area contributed by atoms with E-state index < -0.39 is 11.6 Å². The average molecular weight is 258 g/mol. The summed E-state index contributed by atoms with van der Waals surface area (Å²) in [6.07, 6.45) is 0.106. The van der Waals surface area contributed by atoms with Crippen molar-refractivity contribution in [1.82, 2.24) is 5.43 Å². The molecule has 0 fully saturated rings. The molecule has 0 spiro atoms. The van der Waals surface area contributed by atoms with Crippen LogP contribution in [0.15, 0.2) is 18.2 Å². The van der Waals surface area contributed by atoms with Crippen LogP contribution in [0.25, 0.3) is 0 Å². The summed E-state index contributed by atoms with van der Waals surface area (Å²) in [5.41, 5.74) is 2.91. The summed E-state index contributed by atoms with van der Waals surface area (Å²) >= 11 is 0. The number of nitrogens with one attached hydrogen (secondary N) is 1. The number of hydrogen-bond donors (Lipinski definition) is 2. The molecule has 18 heavy (non-hydrogen) atoms. The zero-order valence-electron chi connectivity index (χ0n) is 10.9. The first kappa shape index (κ1) is 15.0. The predicted octanol–water partition coefficient (Wildman–Crippen LogP) is 2.01. The smallest absolute Gasteiger partial charge is 0.162 e. The van der Waals surface area contributed by atoms with E-state index in [1.165, 1.54) is 6.07 Å². The largest absolute Gasteiger partial charge is 0.380 e. The second kappa shape index (κ2) is 6.78. The number of ether oxygens (including phenoxy) is 1. The molecule has 2 unspecified atom stereocenters. The van der Waals surface area contributed by atoms with Crippen molar-refractivity contribution in [2.45, 2.75) is 32.4 Å². The van der Waals surface area contributed by atoms with Crippen molar-refractivity contribution in [3.05, 3.63) is 35.4 Å². The highest BCUT2D eigenvalue weighted by Crippen LogP contribution is 2.18. The van der Waals surface area contributed by atoms with Crippen LogP contribution in [-0.4, -0.2) is 19.3 Å². The fourth-order valence-corrected chi connectivity index (χ4v) is 2.11. The maximum Gasteiger partial charge on any atom is 0.162 e. The van der Waals surface area contributed by atoms with E-state index in [1.54, 1.807) is 13.2 Å². The molecule has 102 valence electrons. The molecule has 0 saturated carbocycles. The van der Waals surface area contributed by atoms with Gasteiger partial charge in [-0.05, 0) is 24.0 Å². The minimum atomic E-state index is -0.846. The van der Waals surface area contributed by atoms with E-state index in [0.29, 0.717) is 5.56 Å². The number of hydrogen-bond acceptors (Lipinski definition) is 3. The first-order valence-electron chi connectivity index (χ1n) is 5.93. The minimum Gasteiger partial charge on any atom is -0.380 e. The van der Waals surface area contributed by atoms with Crippen LogP contribution >= 0.6 is 0 Å². The third kappa shape index (κ3) is 3.48. The lowest BCUT2D eigenvalue weighted by atomic mass is 9.94. The van der Waals surface area contributed by atoms with Gasteiger partial charge in [0.25, 0.3) is 0 Å². The van der Waals surface area contributed by atoms with Crippen molar-refractivity contribution in [2.24, 2.45) is 11.8 Å². The Labute approximate surface area is 106 Å². The summed E-state index contributed by atoms with van der Waals surface area (Å²) < 4.78 is 32.0. The summed E-state index contributed by atoms with van der Waals surface area (Å²) in [7, 11) is 1.58. The van der Waals surface area contributed by atoms with E-state index >= 15 is 0 Å². The van der Waals surface area contributed by atoms with Gasteiger partial charge >= 0.3 is 0 Å². The third-order valence-corrected chi connectivity index (χ3v) is 3.01. The Kier molecular flexibility index (Phi) is 5.65. The van der Waals surface area contributed by atoms with Crippen molar-refractivity contribution >= 4 is 0 Å². The van der Waals surface area contributed by atoms with Gasteiger partial charge in [0.1, 0.15) is 0 Å². The maximum absolute atomic E-state index is 13.6. The van der Waals surface area contributed by atoms with Gasteiger partial charge in [0.05, 0.1) is 12.1 Å². The van der Waals surface area contributed by atoms with E-state index in [0.717, 1.165) is 6.07 Å². The quantitative estimate of drug-likeness (QED) is 0.606. The van der Waals surface area contributed by atoms with E-state index in [1.807, 2.05) is 13.8 Å². The Bertz CT molecular complexity index is 385. The standard InChI is InChI=1S/C13H20F2N2O/c1-8(2)13(18-3)11(17-16)7-9-5-4-6-10(14)12(9)15/h4-6,8,11,13,17H,7,16H2,1-3H3. The zero-order valence-corrected chi connectivity index (χ0v) is 10.9. The molecule has 2 atom stereocenters. The van der Waals surface area contributed by atoms with Crippen LogP contribution in [0.4, 0.5) is 8.78 Å². The molecule has 0 bridgehead atoms. The number of halogens is 2. The molecule has 0 aromatic heterocycles. The topological polar surface area (TPSA) is 47.3 Å². The van der Waals surface area contributed by atoms with Crippen LogP contribution in [0.3, 0.4) is 0 Å². The number of nitrogens with two attached hydrogens (primary N) is 1. The molecule has 0 saturated heterocycles. The predicted molar refractivity (Wildman–Crippen MR) is 66.8 cm³/mol. The average Bonchev–Trinajstić information content (AvgIpc) is 2.33. The molecule has 1 aromatic rings. The summed E-state index contributed by atoms with van der Waals surface area (Å²) in [6, 6.07) is 3.86. The molecular formula is C13H20F2N2O. The Hall–Kier alpha value is -1.04. The Morgan fingerprint density at radius 2 is 2.00 bits per heavy atom.